The summed E-state index contributed by atoms with van der Waals surface area (Å²) in [7, 11) is 0. The van der Waals surface area contributed by atoms with E-state index in [4.69, 9.17) is 4.74 Å². The van der Waals surface area contributed by atoms with Gasteiger partial charge in [-0.05, 0) is 52.4 Å². The van der Waals surface area contributed by atoms with Gasteiger partial charge in [0.15, 0.2) is 0 Å². The molecule has 0 spiro atoms. The molecule has 1 saturated heterocycles. The average Bonchev–Trinajstić information content (AvgIpc) is 2.57. The molecule has 0 bridgehead atoms. The molecule has 1 N–H and O–H groups in total. The van der Waals surface area contributed by atoms with Crippen molar-refractivity contribution in [2.45, 2.75) is 65.4 Å². The van der Waals surface area contributed by atoms with Crippen LogP contribution in [0.25, 0.3) is 0 Å². The van der Waals surface area contributed by atoms with Gasteiger partial charge in [-0.3, -0.25) is 4.79 Å². The predicted molar refractivity (Wildman–Crippen MR) is 83.1 cm³/mol. The van der Waals surface area contributed by atoms with Crippen LogP contribution in [0.5, 0.6) is 0 Å². The fraction of sp³-hybridized carbons (Fsp3) is 0.875. The summed E-state index contributed by atoms with van der Waals surface area (Å²) in [6.45, 7) is 9.97. The van der Waals surface area contributed by atoms with Crippen LogP contribution in [0, 0.1) is 5.92 Å². The molecule has 1 rings (SSSR count). The van der Waals surface area contributed by atoms with Gasteiger partial charge in [-0.1, -0.05) is 6.92 Å². The second kappa shape index (κ2) is 8.25. The first-order chi connectivity index (χ1) is 9.78. The lowest BCUT2D eigenvalue weighted by Gasteiger charge is -2.21. The SMILES string of the molecule is CC1CCCN(C(=O)CCCNC(=O)OC(C)(C)C)CC1. The van der Waals surface area contributed by atoms with Crippen LogP contribution >= 0.6 is 0 Å². The van der Waals surface area contributed by atoms with E-state index in [1.165, 1.54) is 6.42 Å². The number of ether oxygens (including phenoxy) is 1. The van der Waals surface area contributed by atoms with Crippen LogP contribution in [0.15, 0.2) is 0 Å². The van der Waals surface area contributed by atoms with Gasteiger partial charge in [0.1, 0.15) is 5.60 Å². The normalized spacial score (nSPS) is 19.8. The molecular formula is C16H30N2O3. The third-order valence-corrected chi connectivity index (χ3v) is 3.61. The molecular weight excluding hydrogens is 268 g/mol. The Labute approximate surface area is 128 Å². The molecule has 1 aliphatic rings. The average molecular weight is 298 g/mol. The second-order valence-electron chi connectivity index (χ2n) is 6.95. The lowest BCUT2D eigenvalue weighted by molar-refractivity contribution is -0.131. The highest BCUT2D eigenvalue weighted by atomic mass is 16.6. The quantitative estimate of drug-likeness (QED) is 0.812. The maximum atomic E-state index is 12.1. The summed E-state index contributed by atoms with van der Waals surface area (Å²) >= 11 is 0. The van der Waals surface area contributed by atoms with Gasteiger partial charge in [0.25, 0.3) is 0 Å². The summed E-state index contributed by atoms with van der Waals surface area (Å²) in [4.78, 5) is 25.5. The van der Waals surface area contributed by atoms with E-state index in [9.17, 15) is 9.59 Å². The van der Waals surface area contributed by atoms with Crippen LogP contribution in [0.3, 0.4) is 0 Å². The monoisotopic (exact) mass is 298 g/mol. The van der Waals surface area contributed by atoms with Crippen molar-refractivity contribution in [3.8, 4) is 0 Å². The molecule has 2 amide bonds. The van der Waals surface area contributed by atoms with Crippen LogP contribution < -0.4 is 5.32 Å². The standard InChI is InChI=1S/C16H30N2O3/c1-13-7-6-11-18(12-9-13)14(19)8-5-10-17-15(20)21-16(2,3)4/h13H,5-12H2,1-4H3,(H,17,20). The molecule has 1 heterocycles. The van der Waals surface area contributed by atoms with Gasteiger partial charge in [-0.25, -0.2) is 4.79 Å². The Balaban J connectivity index is 2.17. The minimum absolute atomic E-state index is 0.204. The lowest BCUT2D eigenvalue weighted by Crippen LogP contribution is -2.34. The van der Waals surface area contributed by atoms with Crippen LogP contribution in [0.4, 0.5) is 4.79 Å². The number of hydrogen-bond donors (Lipinski definition) is 1. The molecule has 1 atom stereocenters. The van der Waals surface area contributed by atoms with Crippen molar-refractivity contribution in [3.63, 3.8) is 0 Å². The van der Waals surface area contributed by atoms with Crippen molar-refractivity contribution in [3.05, 3.63) is 0 Å². The van der Waals surface area contributed by atoms with Crippen molar-refractivity contribution in [1.29, 1.82) is 0 Å². The molecule has 122 valence electrons. The zero-order valence-corrected chi connectivity index (χ0v) is 13.9. The molecule has 1 unspecified atom stereocenters. The highest BCUT2D eigenvalue weighted by Crippen LogP contribution is 2.17. The molecule has 5 heteroatoms. The van der Waals surface area contributed by atoms with E-state index in [0.717, 1.165) is 31.8 Å². The van der Waals surface area contributed by atoms with Crippen molar-refractivity contribution in [2.75, 3.05) is 19.6 Å². The summed E-state index contributed by atoms with van der Waals surface area (Å²) in [6, 6.07) is 0. The third kappa shape index (κ3) is 7.93. The molecule has 0 aromatic rings. The third-order valence-electron chi connectivity index (χ3n) is 3.61. The molecule has 21 heavy (non-hydrogen) atoms. The number of rotatable bonds is 4. The zero-order valence-electron chi connectivity index (χ0n) is 13.9. The van der Waals surface area contributed by atoms with Crippen LogP contribution in [-0.4, -0.2) is 42.1 Å². The first-order valence-electron chi connectivity index (χ1n) is 8.02. The van der Waals surface area contributed by atoms with E-state index in [0.29, 0.717) is 19.4 Å². The number of likely N-dealkylation sites (tertiary alicyclic amines) is 1. The summed E-state index contributed by atoms with van der Waals surface area (Å²) in [5.41, 5.74) is -0.483. The first kappa shape index (κ1) is 17.8. The van der Waals surface area contributed by atoms with E-state index in [2.05, 4.69) is 12.2 Å². The Morgan fingerprint density at radius 2 is 1.95 bits per heavy atom. The number of nitrogens with zero attached hydrogens (tertiary/aromatic N) is 1. The molecule has 0 radical (unpaired) electrons. The Bertz CT molecular complexity index is 350. The Morgan fingerprint density at radius 1 is 1.24 bits per heavy atom. The van der Waals surface area contributed by atoms with Gasteiger partial charge in [-0.15, -0.1) is 0 Å². The largest absolute Gasteiger partial charge is 0.444 e. The smallest absolute Gasteiger partial charge is 0.407 e. The van der Waals surface area contributed by atoms with Crippen molar-refractivity contribution in [1.82, 2.24) is 10.2 Å². The maximum Gasteiger partial charge on any atom is 0.407 e. The summed E-state index contributed by atoms with van der Waals surface area (Å²) < 4.78 is 5.14. The second-order valence-corrected chi connectivity index (χ2v) is 6.95. The highest BCUT2D eigenvalue weighted by Gasteiger charge is 2.18. The number of hydrogen-bond acceptors (Lipinski definition) is 3. The topological polar surface area (TPSA) is 58.6 Å². The van der Waals surface area contributed by atoms with E-state index in [1.807, 2.05) is 25.7 Å². The van der Waals surface area contributed by atoms with Crippen LogP contribution in [0.1, 0.15) is 59.8 Å². The highest BCUT2D eigenvalue weighted by molar-refractivity contribution is 5.76. The van der Waals surface area contributed by atoms with Crippen LogP contribution in [-0.2, 0) is 9.53 Å². The summed E-state index contributed by atoms with van der Waals surface area (Å²) in [5, 5.41) is 2.68. The molecule has 0 aromatic carbocycles. The minimum Gasteiger partial charge on any atom is -0.444 e. The summed E-state index contributed by atoms with van der Waals surface area (Å²) in [5.74, 6) is 0.923. The minimum atomic E-state index is -0.483. The van der Waals surface area contributed by atoms with E-state index in [1.54, 1.807) is 0 Å². The number of nitrogens with one attached hydrogen (secondary N) is 1. The van der Waals surface area contributed by atoms with Gasteiger partial charge in [0.05, 0.1) is 0 Å². The molecule has 0 aliphatic carbocycles. The van der Waals surface area contributed by atoms with Gasteiger partial charge in [0.2, 0.25) is 5.91 Å². The number of carbonyl (C=O) groups is 2. The van der Waals surface area contributed by atoms with Gasteiger partial charge < -0.3 is 15.0 Å². The fourth-order valence-corrected chi connectivity index (χ4v) is 2.41. The van der Waals surface area contributed by atoms with Crippen LogP contribution in [0.2, 0.25) is 0 Å². The zero-order chi connectivity index (χ0) is 15.9. The summed E-state index contributed by atoms with van der Waals surface area (Å²) in [6.07, 6.45) is 4.14. The van der Waals surface area contributed by atoms with Crippen molar-refractivity contribution in [2.24, 2.45) is 5.92 Å². The van der Waals surface area contributed by atoms with Crippen molar-refractivity contribution >= 4 is 12.0 Å². The lowest BCUT2D eigenvalue weighted by atomic mass is 10.0. The number of alkyl carbamates (subject to hydrolysis) is 1. The number of carbonyl (C=O) groups excluding carboxylic acids is 2. The van der Waals surface area contributed by atoms with Gasteiger partial charge in [0, 0.05) is 26.1 Å². The Hall–Kier alpha value is -1.26. The molecule has 0 aromatic heterocycles. The molecule has 5 nitrogen and oxygen atoms in total. The molecule has 0 saturated carbocycles. The van der Waals surface area contributed by atoms with E-state index in [-0.39, 0.29) is 5.91 Å². The van der Waals surface area contributed by atoms with E-state index < -0.39 is 11.7 Å². The number of amides is 2. The van der Waals surface area contributed by atoms with Crippen molar-refractivity contribution < 1.29 is 14.3 Å². The van der Waals surface area contributed by atoms with Gasteiger partial charge >= 0.3 is 6.09 Å². The predicted octanol–water partition coefficient (Wildman–Crippen LogP) is 2.94. The first-order valence-corrected chi connectivity index (χ1v) is 8.02. The van der Waals surface area contributed by atoms with E-state index >= 15 is 0 Å². The maximum absolute atomic E-state index is 12.1. The Kier molecular flexibility index (Phi) is 6.99. The fourth-order valence-electron chi connectivity index (χ4n) is 2.41. The molecule has 1 fully saturated rings. The molecule has 1 aliphatic heterocycles. The Morgan fingerprint density at radius 3 is 2.62 bits per heavy atom. The van der Waals surface area contributed by atoms with Gasteiger partial charge in [-0.2, -0.15) is 0 Å².